The SMILES string of the molecule is CC12CC[C@@]34C[C@@]35CC[C@H](OC3CN(C6COC6)CCO3)C(C)(C)C5CCC4C1CC1OC([C@H](N)C(C)(C)O)CCC12. The molecule has 8 unspecified atom stereocenters. The minimum Gasteiger partial charge on any atom is -0.389 e. The molecule has 8 fully saturated rings. The zero-order valence-electron chi connectivity index (χ0n) is 27.0. The van der Waals surface area contributed by atoms with Crippen LogP contribution in [0, 0.1) is 45.3 Å². The van der Waals surface area contributed by atoms with Gasteiger partial charge < -0.3 is 29.8 Å². The van der Waals surface area contributed by atoms with Crippen molar-refractivity contribution in [3.05, 3.63) is 0 Å². The average Bonchev–Trinajstić information content (AvgIpc) is 3.48. The van der Waals surface area contributed by atoms with Crippen molar-refractivity contribution in [3.8, 4) is 0 Å². The summed E-state index contributed by atoms with van der Waals surface area (Å²) in [4.78, 5) is 2.53. The minimum absolute atomic E-state index is 0.0229. The van der Waals surface area contributed by atoms with Gasteiger partial charge in [0.15, 0.2) is 6.29 Å². The summed E-state index contributed by atoms with van der Waals surface area (Å²) in [6.45, 7) is 15.7. The molecule has 3 aliphatic heterocycles. The lowest BCUT2D eigenvalue weighted by Crippen LogP contribution is -2.58. The van der Waals surface area contributed by atoms with Crippen molar-refractivity contribution in [2.75, 3.05) is 32.9 Å². The smallest absolute Gasteiger partial charge is 0.170 e. The maximum Gasteiger partial charge on any atom is 0.170 e. The summed E-state index contributed by atoms with van der Waals surface area (Å²) in [5.41, 5.74) is 7.24. The lowest BCUT2D eigenvalue weighted by Gasteiger charge is -2.60. The number of fused-ring (bicyclic) bond motifs is 4. The van der Waals surface area contributed by atoms with Crippen LogP contribution in [0.1, 0.15) is 98.8 Å². The van der Waals surface area contributed by atoms with Gasteiger partial charge in [-0.05, 0) is 123 Å². The second kappa shape index (κ2) is 9.62. The van der Waals surface area contributed by atoms with Crippen LogP contribution in [-0.4, -0.2) is 85.2 Å². The summed E-state index contributed by atoms with van der Waals surface area (Å²) in [5.74, 6) is 3.02. The summed E-state index contributed by atoms with van der Waals surface area (Å²) in [7, 11) is 0. The van der Waals surface area contributed by atoms with Crippen molar-refractivity contribution in [3.63, 3.8) is 0 Å². The standard InChI is InChI=1S/C35H58N2O5/c1-31(2)27-9-7-22-24-16-26-23(6-8-25(41-26)30(36)32(3,4)38)33(24,5)12-13-34(22)20-35(27,34)11-10-28(31)42-29-17-37(14-15-40-29)21-18-39-19-21/h21-30,38H,6-20,36H2,1-5H3/t22?,23?,24?,25?,26?,27?,28-,29?,30-,33?,34-,35+/m0/s1. The topological polar surface area (TPSA) is 86.4 Å². The summed E-state index contributed by atoms with van der Waals surface area (Å²) in [5, 5.41) is 10.6. The largest absolute Gasteiger partial charge is 0.389 e. The Morgan fingerprint density at radius 3 is 2.48 bits per heavy atom. The summed E-state index contributed by atoms with van der Waals surface area (Å²) in [6.07, 6.45) is 13.4. The molecule has 7 heteroatoms. The van der Waals surface area contributed by atoms with E-state index in [1.54, 1.807) is 0 Å². The van der Waals surface area contributed by atoms with Crippen molar-refractivity contribution in [2.24, 2.45) is 51.1 Å². The van der Waals surface area contributed by atoms with E-state index < -0.39 is 5.60 Å². The molecule has 238 valence electrons. The molecule has 3 heterocycles. The predicted molar refractivity (Wildman–Crippen MR) is 161 cm³/mol. The van der Waals surface area contributed by atoms with E-state index >= 15 is 0 Å². The number of hydrogen-bond acceptors (Lipinski definition) is 7. The Balaban J connectivity index is 0.971. The first-order valence-electron chi connectivity index (χ1n) is 17.6. The van der Waals surface area contributed by atoms with Crippen molar-refractivity contribution < 1.29 is 24.1 Å². The third-order valence-electron chi connectivity index (χ3n) is 15.3. The lowest BCUT2D eigenvalue weighted by atomic mass is 9.46. The van der Waals surface area contributed by atoms with Crippen LogP contribution >= 0.6 is 0 Å². The third-order valence-corrected chi connectivity index (χ3v) is 15.3. The second-order valence-corrected chi connectivity index (χ2v) is 17.6. The number of hydrogen-bond donors (Lipinski definition) is 2. The van der Waals surface area contributed by atoms with Gasteiger partial charge in [0.25, 0.3) is 0 Å². The minimum atomic E-state index is -0.904. The summed E-state index contributed by atoms with van der Waals surface area (Å²) in [6, 6.07) is 0.228. The molecule has 5 aliphatic carbocycles. The van der Waals surface area contributed by atoms with Gasteiger partial charge in [0.2, 0.25) is 0 Å². The quantitative estimate of drug-likeness (QED) is 0.482. The molecule has 5 saturated carbocycles. The molecule has 2 spiro atoms. The van der Waals surface area contributed by atoms with Crippen LogP contribution in [0.15, 0.2) is 0 Å². The molecule has 7 nitrogen and oxygen atoms in total. The highest BCUT2D eigenvalue weighted by molar-refractivity contribution is 5.29. The highest BCUT2D eigenvalue weighted by atomic mass is 16.7. The van der Waals surface area contributed by atoms with Crippen LogP contribution in [0.3, 0.4) is 0 Å². The first-order valence-corrected chi connectivity index (χ1v) is 17.6. The van der Waals surface area contributed by atoms with E-state index in [0.29, 0.717) is 34.3 Å². The van der Waals surface area contributed by atoms with E-state index in [1.165, 1.54) is 57.8 Å². The second-order valence-electron chi connectivity index (χ2n) is 17.6. The Labute approximate surface area is 253 Å². The van der Waals surface area contributed by atoms with E-state index in [4.69, 9.17) is 24.7 Å². The van der Waals surface area contributed by atoms with Gasteiger partial charge in [-0.25, -0.2) is 0 Å². The fourth-order valence-corrected chi connectivity index (χ4v) is 12.9. The highest BCUT2D eigenvalue weighted by Crippen LogP contribution is 2.87. The Hall–Kier alpha value is -0.280. The molecule has 8 rings (SSSR count). The van der Waals surface area contributed by atoms with Crippen LogP contribution in [0.2, 0.25) is 0 Å². The van der Waals surface area contributed by atoms with Gasteiger partial charge in [-0.1, -0.05) is 20.8 Å². The Morgan fingerprint density at radius 1 is 0.952 bits per heavy atom. The normalized spacial score (nSPS) is 52.6. The van der Waals surface area contributed by atoms with Crippen LogP contribution < -0.4 is 5.73 Å². The van der Waals surface area contributed by atoms with E-state index in [0.717, 1.165) is 57.1 Å². The monoisotopic (exact) mass is 586 g/mol. The van der Waals surface area contributed by atoms with Gasteiger partial charge in [0.1, 0.15) is 0 Å². The predicted octanol–water partition coefficient (Wildman–Crippen LogP) is 4.73. The number of nitrogens with two attached hydrogens (primary N) is 1. The van der Waals surface area contributed by atoms with Crippen LogP contribution in [0.25, 0.3) is 0 Å². The fraction of sp³-hybridized carbons (Fsp3) is 1.00. The first kappa shape index (κ1) is 29.1. The van der Waals surface area contributed by atoms with E-state index in [2.05, 4.69) is 25.7 Å². The van der Waals surface area contributed by atoms with E-state index in [1.807, 2.05) is 13.8 Å². The zero-order chi connectivity index (χ0) is 29.3. The van der Waals surface area contributed by atoms with Gasteiger partial charge in [-0.2, -0.15) is 0 Å². The molecule has 3 saturated heterocycles. The van der Waals surface area contributed by atoms with Gasteiger partial charge in [0.05, 0.1) is 62.4 Å². The van der Waals surface area contributed by atoms with Crippen LogP contribution in [-0.2, 0) is 18.9 Å². The number of ether oxygens (including phenoxy) is 4. The van der Waals surface area contributed by atoms with E-state index in [-0.39, 0.29) is 30.0 Å². The van der Waals surface area contributed by atoms with Crippen molar-refractivity contribution >= 4 is 0 Å². The molecule has 0 aromatic carbocycles. The van der Waals surface area contributed by atoms with Crippen molar-refractivity contribution in [1.82, 2.24) is 4.90 Å². The third kappa shape index (κ3) is 4.02. The molecule has 42 heavy (non-hydrogen) atoms. The molecular formula is C35H58N2O5. The lowest BCUT2D eigenvalue weighted by molar-refractivity contribution is -0.253. The molecule has 8 aliphatic rings. The maximum absolute atomic E-state index is 10.6. The molecule has 12 atom stereocenters. The van der Waals surface area contributed by atoms with Crippen LogP contribution in [0.5, 0.6) is 0 Å². The molecule has 0 amide bonds. The van der Waals surface area contributed by atoms with Crippen LogP contribution in [0.4, 0.5) is 0 Å². The molecule has 0 bridgehead atoms. The number of nitrogens with zero attached hydrogens (tertiary/aromatic N) is 1. The molecule has 0 aromatic heterocycles. The Kier molecular flexibility index (Phi) is 6.68. The summed E-state index contributed by atoms with van der Waals surface area (Å²) >= 11 is 0. The maximum atomic E-state index is 10.6. The molecule has 0 radical (unpaired) electrons. The van der Waals surface area contributed by atoms with Gasteiger partial charge in [-0.3, -0.25) is 4.90 Å². The fourth-order valence-electron chi connectivity index (χ4n) is 12.9. The Bertz CT molecular complexity index is 1060. The summed E-state index contributed by atoms with van der Waals surface area (Å²) < 4.78 is 25.4. The number of aliphatic hydroxyl groups is 1. The average molecular weight is 587 g/mol. The van der Waals surface area contributed by atoms with Gasteiger partial charge in [-0.15, -0.1) is 0 Å². The van der Waals surface area contributed by atoms with Crippen molar-refractivity contribution in [2.45, 2.75) is 141 Å². The molecule has 3 N–H and O–H groups in total. The van der Waals surface area contributed by atoms with E-state index in [9.17, 15) is 5.11 Å². The van der Waals surface area contributed by atoms with Gasteiger partial charge >= 0.3 is 0 Å². The first-order chi connectivity index (χ1) is 19.9. The number of morpholine rings is 1. The highest BCUT2D eigenvalue weighted by Gasteiger charge is 2.80. The molecule has 0 aromatic rings. The zero-order valence-corrected chi connectivity index (χ0v) is 27.0. The number of rotatable bonds is 5. The van der Waals surface area contributed by atoms with Crippen molar-refractivity contribution in [1.29, 1.82) is 0 Å². The molecular weight excluding hydrogens is 528 g/mol. The van der Waals surface area contributed by atoms with Gasteiger partial charge in [0, 0.05) is 6.54 Å². The Morgan fingerprint density at radius 2 is 1.74 bits per heavy atom.